The Bertz CT molecular complexity index is 554. The van der Waals surface area contributed by atoms with E-state index in [0.717, 1.165) is 6.42 Å². The summed E-state index contributed by atoms with van der Waals surface area (Å²) in [7, 11) is 0. The fourth-order valence-corrected chi connectivity index (χ4v) is 2.14. The maximum atomic E-state index is 11.9. The maximum Gasteiger partial charge on any atom is 0.345 e. The van der Waals surface area contributed by atoms with Crippen molar-refractivity contribution in [3.63, 3.8) is 0 Å². The number of aliphatic carboxylic acids is 1. The predicted molar refractivity (Wildman–Crippen MR) is 77.1 cm³/mol. The molecule has 1 atom stereocenters. The molecule has 1 aromatic rings. The molecule has 0 fully saturated rings. The first-order valence-electron chi connectivity index (χ1n) is 6.91. The van der Waals surface area contributed by atoms with Gasteiger partial charge in [0, 0.05) is 23.5 Å². The first-order chi connectivity index (χ1) is 9.85. The third kappa shape index (κ3) is 5.02. The lowest BCUT2D eigenvalue weighted by Gasteiger charge is -2.13. The van der Waals surface area contributed by atoms with E-state index in [1.54, 1.807) is 13.8 Å². The van der Waals surface area contributed by atoms with Gasteiger partial charge in [0.25, 0.3) is 0 Å². The maximum absolute atomic E-state index is 11.9. The van der Waals surface area contributed by atoms with Gasteiger partial charge in [0.2, 0.25) is 5.91 Å². The van der Waals surface area contributed by atoms with Gasteiger partial charge in [0.1, 0.15) is 0 Å². The highest BCUT2D eigenvalue weighted by atomic mass is 16.4. The zero-order valence-corrected chi connectivity index (χ0v) is 12.5. The monoisotopic (exact) mass is 295 g/mol. The van der Waals surface area contributed by atoms with Crippen LogP contribution >= 0.6 is 0 Å². The predicted octanol–water partition coefficient (Wildman–Crippen LogP) is 0.546. The van der Waals surface area contributed by atoms with Crippen LogP contribution in [0.25, 0.3) is 0 Å². The number of carbonyl (C=O) groups is 2. The summed E-state index contributed by atoms with van der Waals surface area (Å²) in [6, 6.07) is 0. The van der Waals surface area contributed by atoms with Crippen LogP contribution in [0.1, 0.15) is 36.7 Å². The van der Waals surface area contributed by atoms with E-state index in [2.05, 4.69) is 15.3 Å². The normalized spacial score (nSPS) is 12.0. The number of aromatic nitrogens is 2. The highest BCUT2D eigenvalue weighted by molar-refractivity contribution is 5.80. The molecule has 0 aromatic carbocycles. The second kappa shape index (κ2) is 7.56. The number of aryl methyl sites for hydroxylation is 2. The Kier molecular flexibility index (Phi) is 6.08. The number of nitrogens with zero attached hydrogens (tertiary/aromatic N) is 1. The number of H-pyrrole nitrogens is 1. The van der Waals surface area contributed by atoms with E-state index in [9.17, 15) is 14.4 Å². The quantitative estimate of drug-likeness (QED) is 0.680. The lowest BCUT2D eigenvalue weighted by Crippen LogP contribution is -2.34. The van der Waals surface area contributed by atoms with Crippen LogP contribution in [0, 0.1) is 19.8 Å². The molecule has 1 amide bonds. The third-order valence-corrected chi connectivity index (χ3v) is 3.32. The lowest BCUT2D eigenvalue weighted by molar-refractivity contribution is -0.141. The number of hydrogen-bond donors (Lipinski definition) is 3. The van der Waals surface area contributed by atoms with Gasteiger partial charge >= 0.3 is 11.7 Å². The van der Waals surface area contributed by atoms with Crippen molar-refractivity contribution in [3.05, 3.63) is 27.4 Å². The summed E-state index contributed by atoms with van der Waals surface area (Å²) in [6.07, 6.45) is 1.34. The molecule has 7 heteroatoms. The minimum atomic E-state index is -0.907. The van der Waals surface area contributed by atoms with Crippen LogP contribution in [0.2, 0.25) is 0 Å². The van der Waals surface area contributed by atoms with Crippen molar-refractivity contribution in [2.75, 3.05) is 6.54 Å². The standard InChI is InChI=1S/C14H21N3O4/c1-4-5-10(13(19)20)7-15-12(18)6-11-8(2)16-14(21)17-9(11)3/h10H,4-7H2,1-3H3,(H,15,18)(H,19,20)(H,16,17,21). The zero-order valence-electron chi connectivity index (χ0n) is 12.5. The van der Waals surface area contributed by atoms with Crippen LogP contribution in [0.4, 0.5) is 0 Å². The fraction of sp³-hybridized carbons (Fsp3) is 0.571. The van der Waals surface area contributed by atoms with E-state index in [0.29, 0.717) is 23.4 Å². The number of aromatic amines is 1. The molecule has 0 bridgehead atoms. The van der Waals surface area contributed by atoms with Gasteiger partial charge < -0.3 is 15.4 Å². The van der Waals surface area contributed by atoms with Crippen molar-refractivity contribution in [1.82, 2.24) is 15.3 Å². The lowest BCUT2D eigenvalue weighted by atomic mass is 10.0. The summed E-state index contributed by atoms with van der Waals surface area (Å²) in [5.74, 6) is -1.76. The number of amides is 1. The van der Waals surface area contributed by atoms with Crippen molar-refractivity contribution in [1.29, 1.82) is 0 Å². The second-order valence-electron chi connectivity index (χ2n) is 5.04. The van der Waals surface area contributed by atoms with Crippen molar-refractivity contribution in [2.24, 2.45) is 5.92 Å². The highest BCUT2D eigenvalue weighted by Crippen LogP contribution is 2.08. The van der Waals surface area contributed by atoms with Crippen LogP contribution < -0.4 is 11.0 Å². The molecule has 21 heavy (non-hydrogen) atoms. The smallest absolute Gasteiger partial charge is 0.345 e. The van der Waals surface area contributed by atoms with Crippen LogP contribution in [-0.4, -0.2) is 33.5 Å². The minimum absolute atomic E-state index is 0.0694. The van der Waals surface area contributed by atoms with Crippen molar-refractivity contribution in [2.45, 2.75) is 40.0 Å². The Morgan fingerprint density at radius 2 is 2.05 bits per heavy atom. The van der Waals surface area contributed by atoms with E-state index in [4.69, 9.17) is 5.11 Å². The number of rotatable bonds is 7. The Morgan fingerprint density at radius 3 is 2.57 bits per heavy atom. The minimum Gasteiger partial charge on any atom is -0.481 e. The molecular formula is C14H21N3O4. The van der Waals surface area contributed by atoms with E-state index in [1.807, 2.05) is 6.92 Å². The topological polar surface area (TPSA) is 112 Å². The first kappa shape index (κ1) is 16.9. The summed E-state index contributed by atoms with van der Waals surface area (Å²) in [5, 5.41) is 11.7. The van der Waals surface area contributed by atoms with Crippen LogP contribution in [-0.2, 0) is 16.0 Å². The molecule has 1 heterocycles. The van der Waals surface area contributed by atoms with E-state index < -0.39 is 17.6 Å². The molecular weight excluding hydrogens is 274 g/mol. The Morgan fingerprint density at radius 1 is 1.38 bits per heavy atom. The van der Waals surface area contributed by atoms with Gasteiger partial charge in [-0.15, -0.1) is 0 Å². The van der Waals surface area contributed by atoms with Gasteiger partial charge in [-0.25, -0.2) is 4.79 Å². The Hall–Kier alpha value is -2.18. The molecule has 0 aliphatic rings. The fourth-order valence-electron chi connectivity index (χ4n) is 2.14. The SMILES string of the molecule is CCCC(CNC(=O)Cc1c(C)nc(=O)[nH]c1C)C(=O)O. The molecule has 0 aliphatic carbocycles. The average Bonchev–Trinajstić information content (AvgIpc) is 2.38. The van der Waals surface area contributed by atoms with Gasteiger partial charge in [0.15, 0.2) is 0 Å². The summed E-state index contributed by atoms with van der Waals surface area (Å²) in [4.78, 5) is 40.4. The van der Waals surface area contributed by atoms with E-state index >= 15 is 0 Å². The molecule has 1 rings (SSSR count). The Labute approximate surface area is 122 Å². The zero-order chi connectivity index (χ0) is 16.0. The molecule has 1 unspecified atom stereocenters. The molecule has 1 aromatic heterocycles. The molecule has 0 spiro atoms. The summed E-state index contributed by atoms with van der Waals surface area (Å²) in [6.45, 7) is 5.38. The van der Waals surface area contributed by atoms with Crippen molar-refractivity contribution in [3.8, 4) is 0 Å². The van der Waals surface area contributed by atoms with Crippen LogP contribution in [0.15, 0.2) is 4.79 Å². The van der Waals surface area contributed by atoms with Crippen LogP contribution in [0.5, 0.6) is 0 Å². The van der Waals surface area contributed by atoms with Crippen LogP contribution in [0.3, 0.4) is 0 Å². The van der Waals surface area contributed by atoms with E-state index in [-0.39, 0.29) is 18.9 Å². The summed E-state index contributed by atoms with van der Waals surface area (Å²) < 4.78 is 0. The third-order valence-electron chi connectivity index (χ3n) is 3.32. The number of carboxylic acids is 1. The van der Waals surface area contributed by atoms with Gasteiger partial charge in [-0.2, -0.15) is 4.98 Å². The van der Waals surface area contributed by atoms with Crippen molar-refractivity contribution >= 4 is 11.9 Å². The molecule has 7 nitrogen and oxygen atoms in total. The number of nitrogens with one attached hydrogen (secondary N) is 2. The molecule has 0 saturated heterocycles. The van der Waals surface area contributed by atoms with Gasteiger partial charge in [-0.3, -0.25) is 9.59 Å². The number of hydrogen-bond acceptors (Lipinski definition) is 4. The van der Waals surface area contributed by atoms with Gasteiger partial charge in [-0.1, -0.05) is 13.3 Å². The summed E-state index contributed by atoms with van der Waals surface area (Å²) >= 11 is 0. The largest absolute Gasteiger partial charge is 0.481 e. The number of carbonyl (C=O) groups excluding carboxylic acids is 1. The van der Waals surface area contributed by atoms with Gasteiger partial charge in [0.05, 0.1) is 12.3 Å². The van der Waals surface area contributed by atoms with Gasteiger partial charge in [-0.05, 0) is 20.3 Å². The highest BCUT2D eigenvalue weighted by Gasteiger charge is 2.18. The summed E-state index contributed by atoms with van der Waals surface area (Å²) in [5.41, 5.74) is 1.33. The average molecular weight is 295 g/mol. The number of carboxylic acid groups (broad SMARTS) is 1. The van der Waals surface area contributed by atoms with Crippen molar-refractivity contribution < 1.29 is 14.7 Å². The second-order valence-corrected chi connectivity index (χ2v) is 5.04. The molecule has 3 N–H and O–H groups in total. The molecule has 0 saturated carbocycles. The van der Waals surface area contributed by atoms with E-state index in [1.165, 1.54) is 0 Å². The Balaban J connectivity index is 2.66. The molecule has 0 aliphatic heterocycles. The molecule has 116 valence electrons. The molecule has 0 radical (unpaired) electrons. The first-order valence-corrected chi connectivity index (χ1v) is 6.91.